The number of piperazine rings is 1. The lowest BCUT2D eigenvalue weighted by molar-refractivity contribution is 0.145. The Morgan fingerprint density at radius 3 is 2.52 bits per heavy atom. The highest BCUT2D eigenvalue weighted by atomic mass is 32.2. The van der Waals surface area contributed by atoms with Crippen LogP contribution in [-0.2, 0) is 16.7 Å². The van der Waals surface area contributed by atoms with Crippen LogP contribution in [0.4, 0.5) is 15.2 Å². The fraction of sp³-hybridized carbons (Fsp3) is 0.300. The SMILES string of the molecule is Cc1cccc(Nc2nn(CN3CCN(S(=O)(=O)c4ccc(F)cc4)CC3)c(=S)s2)c1. The Morgan fingerprint density at radius 1 is 1.13 bits per heavy atom. The van der Waals surface area contributed by atoms with Gasteiger partial charge >= 0.3 is 0 Å². The van der Waals surface area contributed by atoms with E-state index in [1.165, 1.54) is 27.8 Å². The Labute approximate surface area is 189 Å². The number of nitrogens with one attached hydrogen (secondary N) is 1. The molecule has 2 heterocycles. The first-order valence-electron chi connectivity index (χ1n) is 9.71. The van der Waals surface area contributed by atoms with Crippen molar-refractivity contribution in [1.82, 2.24) is 19.0 Å². The molecule has 1 N–H and O–H groups in total. The molecule has 1 aliphatic heterocycles. The van der Waals surface area contributed by atoms with Gasteiger partial charge in [-0.2, -0.15) is 4.31 Å². The molecule has 0 bridgehead atoms. The van der Waals surface area contributed by atoms with Crippen LogP contribution in [0.2, 0.25) is 0 Å². The summed E-state index contributed by atoms with van der Waals surface area (Å²) in [6.07, 6.45) is 0. The molecular weight excluding hydrogens is 457 g/mol. The lowest BCUT2D eigenvalue weighted by Gasteiger charge is -2.33. The van der Waals surface area contributed by atoms with Crippen LogP contribution >= 0.6 is 23.6 Å². The van der Waals surface area contributed by atoms with E-state index >= 15 is 0 Å². The molecule has 31 heavy (non-hydrogen) atoms. The topological polar surface area (TPSA) is 70.5 Å². The summed E-state index contributed by atoms with van der Waals surface area (Å²) in [4.78, 5) is 2.22. The minimum absolute atomic E-state index is 0.107. The van der Waals surface area contributed by atoms with Gasteiger partial charge in [0.15, 0.2) is 3.95 Å². The Hall–Kier alpha value is -2.18. The summed E-state index contributed by atoms with van der Waals surface area (Å²) in [6.45, 7) is 4.34. The van der Waals surface area contributed by atoms with Crippen LogP contribution in [0, 0.1) is 16.7 Å². The summed E-state index contributed by atoms with van der Waals surface area (Å²) in [5, 5.41) is 8.56. The monoisotopic (exact) mass is 479 g/mol. The number of hydrogen-bond acceptors (Lipinski definition) is 7. The van der Waals surface area contributed by atoms with E-state index in [1.54, 1.807) is 4.68 Å². The second kappa shape index (κ2) is 9.13. The highest BCUT2D eigenvalue weighted by Gasteiger charge is 2.28. The molecule has 4 rings (SSSR count). The van der Waals surface area contributed by atoms with Crippen LogP contribution in [0.25, 0.3) is 0 Å². The Kier molecular flexibility index (Phi) is 6.49. The van der Waals surface area contributed by atoms with Gasteiger partial charge in [0.2, 0.25) is 15.2 Å². The molecule has 1 saturated heterocycles. The molecule has 1 aromatic heterocycles. The standard InChI is InChI=1S/C20H22FN5O2S3/c1-15-3-2-4-17(13-15)22-19-23-26(20(29)30-19)14-24-9-11-25(12-10-24)31(27,28)18-7-5-16(21)6-8-18/h2-8,13H,9-12,14H2,1H3,(H,22,23). The summed E-state index contributed by atoms with van der Waals surface area (Å²) >= 11 is 6.85. The smallest absolute Gasteiger partial charge is 0.243 e. The molecule has 0 saturated carbocycles. The number of benzene rings is 2. The minimum Gasteiger partial charge on any atom is -0.330 e. The number of aromatic nitrogens is 2. The van der Waals surface area contributed by atoms with Gasteiger partial charge in [0.1, 0.15) is 5.82 Å². The summed E-state index contributed by atoms with van der Waals surface area (Å²) in [6, 6.07) is 12.9. The van der Waals surface area contributed by atoms with Crippen molar-refractivity contribution in [2.45, 2.75) is 18.5 Å². The largest absolute Gasteiger partial charge is 0.330 e. The third-order valence-corrected chi connectivity index (χ3v) is 8.13. The molecular formula is C20H22FN5O2S3. The first kappa shape index (κ1) is 22.0. The van der Waals surface area contributed by atoms with Gasteiger partial charge in [-0.25, -0.2) is 17.5 Å². The predicted octanol–water partition coefficient (Wildman–Crippen LogP) is 3.83. The summed E-state index contributed by atoms with van der Waals surface area (Å²) in [5.41, 5.74) is 2.11. The zero-order chi connectivity index (χ0) is 22.0. The summed E-state index contributed by atoms with van der Waals surface area (Å²) in [5.74, 6) is -0.458. The van der Waals surface area contributed by atoms with Crippen molar-refractivity contribution in [3.8, 4) is 0 Å². The molecule has 1 fully saturated rings. The van der Waals surface area contributed by atoms with E-state index in [4.69, 9.17) is 12.2 Å². The van der Waals surface area contributed by atoms with Gasteiger partial charge < -0.3 is 5.32 Å². The normalized spacial score (nSPS) is 15.8. The van der Waals surface area contributed by atoms with Crippen molar-refractivity contribution in [2.75, 3.05) is 31.5 Å². The van der Waals surface area contributed by atoms with E-state index < -0.39 is 15.8 Å². The van der Waals surface area contributed by atoms with Gasteiger partial charge in [-0.05, 0) is 61.1 Å². The maximum absolute atomic E-state index is 13.1. The molecule has 0 spiro atoms. The molecule has 0 radical (unpaired) electrons. The van der Waals surface area contributed by atoms with Crippen molar-refractivity contribution in [3.05, 3.63) is 63.9 Å². The van der Waals surface area contributed by atoms with Crippen LogP contribution in [-0.4, -0.2) is 53.6 Å². The molecule has 0 atom stereocenters. The minimum atomic E-state index is -3.63. The molecule has 2 aromatic carbocycles. The molecule has 0 aliphatic carbocycles. The average molecular weight is 480 g/mol. The van der Waals surface area contributed by atoms with Gasteiger partial charge in [0.25, 0.3) is 0 Å². The highest BCUT2D eigenvalue weighted by molar-refractivity contribution is 7.89. The van der Waals surface area contributed by atoms with Gasteiger partial charge in [-0.1, -0.05) is 23.5 Å². The highest BCUT2D eigenvalue weighted by Crippen LogP contribution is 2.22. The van der Waals surface area contributed by atoms with Crippen LogP contribution in [0.3, 0.4) is 0 Å². The quantitative estimate of drug-likeness (QED) is 0.542. The van der Waals surface area contributed by atoms with Gasteiger partial charge in [0.05, 0.1) is 11.6 Å². The maximum atomic E-state index is 13.1. The Morgan fingerprint density at radius 2 is 1.84 bits per heavy atom. The van der Waals surface area contributed by atoms with Gasteiger partial charge in [-0.15, -0.1) is 5.10 Å². The van der Waals surface area contributed by atoms with Crippen LogP contribution < -0.4 is 5.32 Å². The van der Waals surface area contributed by atoms with Gasteiger partial charge in [-0.3, -0.25) is 4.90 Å². The van der Waals surface area contributed by atoms with Crippen molar-refractivity contribution in [3.63, 3.8) is 0 Å². The molecule has 7 nitrogen and oxygen atoms in total. The third-order valence-electron chi connectivity index (χ3n) is 4.99. The summed E-state index contributed by atoms with van der Waals surface area (Å²) < 4.78 is 42.5. The first-order chi connectivity index (χ1) is 14.8. The maximum Gasteiger partial charge on any atom is 0.243 e. The average Bonchev–Trinajstić information content (AvgIpc) is 3.07. The molecule has 164 valence electrons. The molecule has 3 aromatic rings. The van der Waals surface area contributed by atoms with E-state index in [1.807, 2.05) is 31.2 Å². The molecule has 11 heteroatoms. The van der Waals surface area contributed by atoms with Crippen molar-refractivity contribution in [2.24, 2.45) is 0 Å². The fourth-order valence-corrected chi connectivity index (χ4v) is 5.78. The number of nitrogens with zero attached hydrogens (tertiary/aromatic N) is 4. The number of anilines is 2. The third kappa shape index (κ3) is 5.18. The lowest BCUT2D eigenvalue weighted by Crippen LogP contribution is -2.48. The van der Waals surface area contributed by atoms with Gasteiger partial charge in [0, 0.05) is 31.9 Å². The number of rotatable bonds is 6. The molecule has 0 unspecified atom stereocenters. The second-order valence-corrected chi connectivity index (χ2v) is 10.8. The second-order valence-electron chi connectivity index (χ2n) is 7.28. The van der Waals surface area contributed by atoms with E-state index in [0.717, 1.165) is 23.4 Å². The van der Waals surface area contributed by atoms with E-state index in [0.29, 0.717) is 41.9 Å². The van der Waals surface area contributed by atoms with E-state index in [9.17, 15) is 12.8 Å². The number of sulfonamides is 1. The van der Waals surface area contributed by atoms with Crippen molar-refractivity contribution in [1.29, 1.82) is 0 Å². The summed E-state index contributed by atoms with van der Waals surface area (Å²) in [7, 11) is -3.63. The zero-order valence-electron chi connectivity index (χ0n) is 16.9. The Bertz CT molecular complexity index is 1220. The fourth-order valence-electron chi connectivity index (χ4n) is 3.35. The van der Waals surface area contributed by atoms with Crippen LogP contribution in [0.5, 0.6) is 0 Å². The van der Waals surface area contributed by atoms with Crippen molar-refractivity contribution >= 4 is 44.4 Å². The molecule has 1 aliphatic rings. The number of hydrogen-bond donors (Lipinski definition) is 1. The lowest BCUT2D eigenvalue weighted by atomic mass is 10.2. The van der Waals surface area contributed by atoms with E-state index in [-0.39, 0.29) is 4.90 Å². The molecule has 0 amide bonds. The van der Waals surface area contributed by atoms with Crippen LogP contribution in [0.1, 0.15) is 5.56 Å². The first-order valence-corrected chi connectivity index (χ1v) is 12.4. The number of aryl methyl sites for hydroxylation is 1. The van der Waals surface area contributed by atoms with Crippen LogP contribution in [0.15, 0.2) is 53.4 Å². The van der Waals surface area contributed by atoms with Crippen molar-refractivity contribution < 1.29 is 12.8 Å². The zero-order valence-corrected chi connectivity index (χ0v) is 19.3. The predicted molar refractivity (Wildman–Crippen MR) is 122 cm³/mol. The Balaban J connectivity index is 1.37. The van der Waals surface area contributed by atoms with E-state index in [2.05, 4.69) is 15.3 Å². The number of halogens is 1.